The minimum atomic E-state index is -3.68. The van der Waals surface area contributed by atoms with Crippen molar-refractivity contribution in [3.8, 4) is 0 Å². The van der Waals surface area contributed by atoms with Crippen molar-refractivity contribution in [1.29, 1.82) is 0 Å². The number of ether oxygens (including phenoxy) is 1. The maximum Gasteiger partial charge on any atom is 0.243 e. The van der Waals surface area contributed by atoms with E-state index in [1.165, 1.54) is 26.3 Å². The lowest BCUT2D eigenvalue weighted by Crippen LogP contribution is -2.39. The predicted octanol–water partition coefficient (Wildman–Crippen LogP) is 0.832. The van der Waals surface area contributed by atoms with Gasteiger partial charge in [0.1, 0.15) is 0 Å². The van der Waals surface area contributed by atoms with E-state index in [1.54, 1.807) is 12.1 Å². The summed E-state index contributed by atoms with van der Waals surface area (Å²) in [6.07, 6.45) is 0. The van der Waals surface area contributed by atoms with Crippen LogP contribution in [0.4, 0.5) is 0 Å². The lowest BCUT2D eigenvalue weighted by atomic mass is 10.4. The lowest BCUT2D eigenvalue weighted by Gasteiger charge is -2.17. The molecule has 0 saturated carbocycles. The highest BCUT2D eigenvalue weighted by molar-refractivity contribution is 9.10. The molecule has 0 aliphatic rings. The van der Waals surface area contributed by atoms with E-state index in [4.69, 9.17) is 4.74 Å². The van der Waals surface area contributed by atoms with Crippen LogP contribution in [0.5, 0.6) is 0 Å². The van der Waals surface area contributed by atoms with Crippen LogP contribution in [-0.4, -0.2) is 52.5 Å². The highest BCUT2D eigenvalue weighted by atomic mass is 79.9. The SMILES string of the molecule is COCCNC(=O)CN(C)S(=O)(=O)c1cccc(Br)c1. The number of benzene rings is 1. The van der Waals surface area contributed by atoms with Gasteiger partial charge in [0.2, 0.25) is 15.9 Å². The fourth-order valence-electron chi connectivity index (χ4n) is 1.44. The summed E-state index contributed by atoms with van der Waals surface area (Å²) in [4.78, 5) is 11.7. The molecule has 0 heterocycles. The molecule has 0 radical (unpaired) electrons. The van der Waals surface area contributed by atoms with Crippen LogP contribution in [0.25, 0.3) is 0 Å². The molecule has 0 unspecified atom stereocenters. The molecule has 20 heavy (non-hydrogen) atoms. The Kier molecular flexibility index (Phi) is 6.60. The van der Waals surface area contributed by atoms with Gasteiger partial charge in [-0.05, 0) is 18.2 Å². The third-order valence-electron chi connectivity index (χ3n) is 2.50. The summed E-state index contributed by atoms with van der Waals surface area (Å²) in [5.41, 5.74) is 0. The molecule has 1 rings (SSSR count). The number of halogens is 1. The Morgan fingerprint density at radius 3 is 2.75 bits per heavy atom. The van der Waals surface area contributed by atoms with Crippen molar-refractivity contribution in [2.24, 2.45) is 0 Å². The normalized spacial score (nSPS) is 11.6. The summed E-state index contributed by atoms with van der Waals surface area (Å²) in [5.74, 6) is -0.372. The van der Waals surface area contributed by atoms with Gasteiger partial charge in [-0.15, -0.1) is 0 Å². The zero-order chi connectivity index (χ0) is 15.2. The van der Waals surface area contributed by atoms with E-state index in [2.05, 4.69) is 21.2 Å². The first-order valence-corrected chi connectivity index (χ1v) is 8.09. The number of carbonyl (C=O) groups excluding carboxylic acids is 1. The Hall–Kier alpha value is -0.960. The molecule has 0 aromatic heterocycles. The van der Waals surface area contributed by atoms with Crippen molar-refractivity contribution in [2.75, 3.05) is 33.9 Å². The van der Waals surface area contributed by atoms with E-state index < -0.39 is 10.0 Å². The molecule has 0 aliphatic carbocycles. The number of nitrogens with one attached hydrogen (secondary N) is 1. The smallest absolute Gasteiger partial charge is 0.243 e. The minimum absolute atomic E-state index is 0.138. The summed E-state index contributed by atoms with van der Waals surface area (Å²) in [5, 5.41) is 2.57. The Balaban J connectivity index is 2.70. The van der Waals surface area contributed by atoms with Crippen LogP contribution in [0.3, 0.4) is 0 Å². The molecule has 0 fully saturated rings. The minimum Gasteiger partial charge on any atom is -0.383 e. The van der Waals surface area contributed by atoms with Gasteiger partial charge in [0, 0.05) is 25.2 Å². The number of nitrogens with zero attached hydrogens (tertiary/aromatic N) is 1. The first kappa shape index (κ1) is 17.1. The van der Waals surface area contributed by atoms with Crippen molar-refractivity contribution in [3.05, 3.63) is 28.7 Å². The van der Waals surface area contributed by atoms with Gasteiger partial charge in [-0.25, -0.2) is 8.42 Å². The van der Waals surface area contributed by atoms with Gasteiger partial charge in [-0.1, -0.05) is 22.0 Å². The number of likely N-dealkylation sites (N-methyl/N-ethyl adjacent to an activating group) is 1. The molecule has 1 amide bonds. The van der Waals surface area contributed by atoms with E-state index in [-0.39, 0.29) is 17.3 Å². The second-order valence-electron chi connectivity index (χ2n) is 4.06. The average molecular weight is 365 g/mol. The van der Waals surface area contributed by atoms with Crippen molar-refractivity contribution in [1.82, 2.24) is 9.62 Å². The Labute approximate surface area is 127 Å². The molecule has 0 bridgehead atoms. The molecule has 0 aliphatic heterocycles. The summed E-state index contributed by atoms with van der Waals surface area (Å²) < 4.78 is 31.0. The molecule has 1 N–H and O–H groups in total. The molecule has 112 valence electrons. The van der Waals surface area contributed by atoms with E-state index >= 15 is 0 Å². The van der Waals surface area contributed by atoms with E-state index in [9.17, 15) is 13.2 Å². The number of methoxy groups -OCH3 is 1. The van der Waals surface area contributed by atoms with Gasteiger partial charge in [0.25, 0.3) is 0 Å². The molecule has 0 spiro atoms. The molecule has 1 aromatic carbocycles. The fourth-order valence-corrected chi connectivity index (χ4v) is 3.17. The molecular formula is C12H17BrN2O4S. The summed E-state index contributed by atoms with van der Waals surface area (Å²) in [7, 11) is -0.785. The van der Waals surface area contributed by atoms with Gasteiger partial charge < -0.3 is 10.1 Å². The van der Waals surface area contributed by atoms with Crippen molar-refractivity contribution < 1.29 is 17.9 Å². The Morgan fingerprint density at radius 2 is 2.15 bits per heavy atom. The maximum absolute atomic E-state index is 12.3. The van der Waals surface area contributed by atoms with E-state index in [0.29, 0.717) is 17.6 Å². The van der Waals surface area contributed by atoms with Gasteiger partial charge in [-0.2, -0.15) is 4.31 Å². The highest BCUT2D eigenvalue weighted by Gasteiger charge is 2.22. The quantitative estimate of drug-likeness (QED) is 0.727. The third kappa shape index (κ3) is 4.86. The van der Waals surface area contributed by atoms with Crippen LogP contribution in [0.1, 0.15) is 0 Å². The topological polar surface area (TPSA) is 75.7 Å². The second-order valence-corrected chi connectivity index (χ2v) is 7.02. The first-order valence-electron chi connectivity index (χ1n) is 5.85. The van der Waals surface area contributed by atoms with Crippen molar-refractivity contribution >= 4 is 31.9 Å². The monoisotopic (exact) mass is 364 g/mol. The summed E-state index contributed by atoms with van der Waals surface area (Å²) >= 11 is 3.22. The number of carbonyl (C=O) groups is 1. The number of rotatable bonds is 7. The number of sulfonamides is 1. The molecule has 8 heteroatoms. The fraction of sp³-hybridized carbons (Fsp3) is 0.417. The Bertz CT molecular complexity index is 562. The van der Waals surface area contributed by atoms with Crippen LogP contribution in [-0.2, 0) is 19.6 Å². The number of hydrogen-bond acceptors (Lipinski definition) is 4. The van der Waals surface area contributed by atoms with Crippen LogP contribution in [0.15, 0.2) is 33.6 Å². The van der Waals surface area contributed by atoms with Crippen LogP contribution in [0, 0.1) is 0 Å². The molecular weight excluding hydrogens is 348 g/mol. The number of amides is 1. The summed E-state index contributed by atoms with van der Waals surface area (Å²) in [6, 6.07) is 6.34. The van der Waals surface area contributed by atoms with Crippen molar-refractivity contribution in [2.45, 2.75) is 4.90 Å². The zero-order valence-electron chi connectivity index (χ0n) is 11.3. The van der Waals surface area contributed by atoms with Gasteiger partial charge in [0.15, 0.2) is 0 Å². The second kappa shape index (κ2) is 7.72. The molecule has 1 aromatic rings. The third-order valence-corrected chi connectivity index (χ3v) is 4.79. The standard InChI is InChI=1S/C12H17BrN2O4S/c1-15(9-12(16)14-6-7-19-2)20(17,18)11-5-3-4-10(13)8-11/h3-5,8H,6-7,9H2,1-2H3,(H,14,16). The van der Waals surface area contributed by atoms with Gasteiger partial charge in [-0.3, -0.25) is 4.79 Å². The number of hydrogen-bond donors (Lipinski definition) is 1. The average Bonchev–Trinajstić information content (AvgIpc) is 2.39. The van der Waals surface area contributed by atoms with E-state index in [0.717, 1.165) is 4.31 Å². The molecule has 6 nitrogen and oxygen atoms in total. The largest absolute Gasteiger partial charge is 0.383 e. The van der Waals surface area contributed by atoms with Gasteiger partial charge in [0.05, 0.1) is 18.0 Å². The van der Waals surface area contributed by atoms with E-state index in [1.807, 2.05) is 0 Å². The maximum atomic E-state index is 12.3. The first-order chi connectivity index (χ1) is 9.37. The molecule has 0 saturated heterocycles. The van der Waals surface area contributed by atoms with Crippen LogP contribution in [0.2, 0.25) is 0 Å². The lowest BCUT2D eigenvalue weighted by molar-refractivity contribution is -0.121. The molecule has 0 atom stereocenters. The van der Waals surface area contributed by atoms with Crippen LogP contribution >= 0.6 is 15.9 Å². The van der Waals surface area contributed by atoms with Crippen LogP contribution < -0.4 is 5.32 Å². The predicted molar refractivity (Wildman–Crippen MR) is 78.8 cm³/mol. The van der Waals surface area contributed by atoms with Gasteiger partial charge >= 0.3 is 0 Å². The Morgan fingerprint density at radius 1 is 1.45 bits per heavy atom. The zero-order valence-corrected chi connectivity index (χ0v) is 13.7. The summed E-state index contributed by atoms with van der Waals surface area (Å²) in [6.45, 7) is 0.493. The van der Waals surface area contributed by atoms with Crippen molar-refractivity contribution in [3.63, 3.8) is 0 Å². The highest BCUT2D eigenvalue weighted by Crippen LogP contribution is 2.18.